The molecule has 6 nitrogen and oxygen atoms in total. The summed E-state index contributed by atoms with van der Waals surface area (Å²) in [6.45, 7) is 0.824. The Kier molecular flexibility index (Phi) is 4.04. The fourth-order valence-electron chi connectivity index (χ4n) is 2.48. The number of likely N-dealkylation sites (N-methyl/N-ethyl adjacent to an activating group) is 1. The van der Waals surface area contributed by atoms with E-state index in [1.54, 1.807) is 35.2 Å². The fourth-order valence-corrected chi connectivity index (χ4v) is 3.45. The number of carbonyl (C=O) groups excluding carboxylic acids is 1. The molecule has 2 aliphatic rings. The highest BCUT2D eigenvalue weighted by Gasteiger charge is 2.25. The predicted molar refractivity (Wildman–Crippen MR) is 88.1 cm³/mol. The molecule has 0 N–H and O–H groups in total. The summed E-state index contributed by atoms with van der Waals surface area (Å²) in [6, 6.07) is 9.74. The largest absolute Gasteiger partial charge is 0.337 e. The molecule has 0 radical (unpaired) electrons. The Labute approximate surface area is 135 Å². The normalized spacial score (nSPS) is 18.7. The standard InChI is InChI=1S/C16H17N3O3S/c1-18(11-13-5-3-2-4-6-13)16(20)14-7-8-15-17-23(21,22)10-9-19(15)12-14/h2-8,12H,9-11H2,1H3. The molecule has 2 heterocycles. The van der Waals surface area contributed by atoms with Crippen molar-refractivity contribution in [2.24, 2.45) is 4.40 Å². The summed E-state index contributed by atoms with van der Waals surface area (Å²) >= 11 is 0. The van der Waals surface area contributed by atoms with E-state index in [0.717, 1.165) is 5.56 Å². The fraction of sp³-hybridized carbons (Fsp3) is 0.250. The number of hydrogen-bond donors (Lipinski definition) is 0. The molecule has 1 amide bonds. The zero-order valence-corrected chi connectivity index (χ0v) is 13.5. The van der Waals surface area contributed by atoms with E-state index < -0.39 is 10.0 Å². The Morgan fingerprint density at radius 2 is 2.00 bits per heavy atom. The first-order chi connectivity index (χ1) is 10.9. The summed E-state index contributed by atoms with van der Waals surface area (Å²) in [5.41, 5.74) is 1.57. The zero-order valence-electron chi connectivity index (χ0n) is 12.7. The minimum atomic E-state index is -3.38. The molecule has 1 aromatic carbocycles. The molecule has 1 aromatic rings. The van der Waals surface area contributed by atoms with E-state index in [-0.39, 0.29) is 11.7 Å². The molecule has 23 heavy (non-hydrogen) atoms. The number of amides is 1. The highest BCUT2D eigenvalue weighted by atomic mass is 32.2. The van der Waals surface area contributed by atoms with Crippen LogP contribution in [0.3, 0.4) is 0 Å². The highest BCUT2D eigenvalue weighted by Crippen LogP contribution is 2.17. The van der Waals surface area contributed by atoms with Crippen LogP contribution < -0.4 is 0 Å². The maximum Gasteiger partial charge on any atom is 0.256 e. The van der Waals surface area contributed by atoms with Gasteiger partial charge in [-0.15, -0.1) is 4.40 Å². The Morgan fingerprint density at radius 3 is 2.74 bits per heavy atom. The van der Waals surface area contributed by atoms with Crippen molar-refractivity contribution in [3.63, 3.8) is 0 Å². The molecule has 0 atom stereocenters. The molecule has 0 aliphatic carbocycles. The van der Waals surface area contributed by atoms with Gasteiger partial charge < -0.3 is 9.80 Å². The lowest BCUT2D eigenvalue weighted by molar-refractivity contribution is -0.126. The highest BCUT2D eigenvalue weighted by molar-refractivity contribution is 7.90. The van der Waals surface area contributed by atoms with Gasteiger partial charge in [-0.05, 0) is 17.7 Å². The molecular weight excluding hydrogens is 314 g/mol. The van der Waals surface area contributed by atoms with Crippen molar-refractivity contribution >= 4 is 21.8 Å². The Hall–Kier alpha value is -2.41. The maximum absolute atomic E-state index is 12.5. The monoisotopic (exact) mass is 331 g/mol. The average molecular weight is 331 g/mol. The molecule has 0 fully saturated rings. The van der Waals surface area contributed by atoms with Crippen LogP contribution in [0.5, 0.6) is 0 Å². The Balaban J connectivity index is 1.74. The first-order valence-corrected chi connectivity index (χ1v) is 8.84. The van der Waals surface area contributed by atoms with Crippen LogP contribution in [-0.4, -0.2) is 49.3 Å². The number of carbonyl (C=O) groups is 1. The van der Waals surface area contributed by atoms with Crippen LogP contribution in [0.1, 0.15) is 5.56 Å². The third-order valence-electron chi connectivity index (χ3n) is 3.68. The van der Waals surface area contributed by atoms with Gasteiger partial charge in [0.2, 0.25) is 0 Å². The van der Waals surface area contributed by atoms with Gasteiger partial charge in [-0.25, -0.2) is 8.42 Å². The number of fused-ring (bicyclic) bond motifs is 1. The second kappa shape index (κ2) is 6.00. The van der Waals surface area contributed by atoms with E-state index in [1.807, 2.05) is 30.3 Å². The first kappa shape index (κ1) is 15.5. The van der Waals surface area contributed by atoms with Gasteiger partial charge in [0.25, 0.3) is 15.9 Å². The van der Waals surface area contributed by atoms with Crippen LogP contribution in [-0.2, 0) is 21.4 Å². The van der Waals surface area contributed by atoms with Gasteiger partial charge in [0, 0.05) is 26.3 Å². The molecule has 0 saturated carbocycles. The number of nitrogens with zero attached hydrogens (tertiary/aromatic N) is 3. The van der Waals surface area contributed by atoms with Crippen LogP contribution in [0.25, 0.3) is 0 Å². The topological polar surface area (TPSA) is 70.1 Å². The summed E-state index contributed by atoms with van der Waals surface area (Å²) in [6.07, 6.45) is 4.84. The van der Waals surface area contributed by atoms with Crippen molar-refractivity contribution in [3.8, 4) is 0 Å². The SMILES string of the molecule is CN(Cc1ccccc1)C(=O)C1=CN2CCS(=O)(=O)N=C2C=C1. The van der Waals surface area contributed by atoms with Crippen molar-refractivity contribution < 1.29 is 13.2 Å². The Morgan fingerprint density at radius 1 is 1.26 bits per heavy atom. The smallest absolute Gasteiger partial charge is 0.256 e. The van der Waals surface area contributed by atoms with Gasteiger partial charge in [-0.2, -0.15) is 0 Å². The van der Waals surface area contributed by atoms with Crippen LogP contribution in [0.2, 0.25) is 0 Å². The van der Waals surface area contributed by atoms with Crippen LogP contribution in [0.4, 0.5) is 0 Å². The van der Waals surface area contributed by atoms with Crippen molar-refractivity contribution in [2.75, 3.05) is 19.3 Å². The van der Waals surface area contributed by atoms with E-state index in [1.165, 1.54) is 0 Å². The van der Waals surface area contributed by atoms with Crippen LogP contribution >= 0.6 is 0 Å². The third kappa shape index (κ3) is 3.50. The minimum absolute atomic E-state index is 0.0395. The van der Waals surface area contributed by atoms with Crippen molar-refractivity contribution in [3.05, 3.63) is 59.8 Å². The molecule has 120 valence electrons. The number of rotatable bonds is 3. The van der Waals surface area contributed by atoms with Crippen molar-refractivity contribution in [1.29, 1.82) is 0 Å². The van der Waals surface area contributed by atoms with E-state index >= 15 is 0 Å². The number of benzene rings is 1. The third-order valence-corrected chi connectivity index (χ3v) is 4.84. The summed E-state index contributed by atoms with van der Waals surface area (Å²) in [5, 5.41) is 0. The lowest BCUT2D eigenvalue weighted by Crippen LogP contribution is -2.38. The van der Waals surface area contributed by atoms with E-state index in [4.69, 9.17) is 0 Å². The molecule has 3 rings (SSSR count). The predicted octanol–water partition coefficient (Wildman–Crippen LogP) is 1.14. The molecule has 0 saturated heterocycles. The lowest BCUT2D eigenvalue weighted by atomic mass is 10.1. The maximum atomic E-state index is 12.5. The summed E-state index contributed by atoms with van der Waals surface area (Å²) < 4.78 is 26.7. The van der Waals surface area contributed by atoms with Gasteiger partial charge in [-0.3, -0.25) is 4.79 Å². The molecular formula is C16H17N3O3S. The minimum Gasteiger partial charge on any atom is -0.337 e. The number of hydrogen-bond acceptors (Lipinski definition) is 4. The molecule has 2 aliphatic heterocycles. The number of amidine groups is 1. The second-order valence-corrected chi connectivity index (χ2v) is 7.25. The summed E-state index contributed by atoms with van der Waals surface area (Å²) in [5.74, 6) is 0.207. The van der Waals surface area contributed by atoms with Crippen LogP contribution in [0.15, 0.2) is 58.7 Å². The molecule has 7 heteroatoms. The molecule has 0 aromatic heterocycles. The number of sulfonamides is 1. The average Bonchev–Trinajstić information content (AvgIpc) is 2.54. The lowest BCUT2D eigenvalue weighted by Gasteiger charge is -2.28. The second-order valence-electron chi connectivity index (χ2n) is 5.49. The van der Waals surface area contributed by atoms with Gasteiger partial charge in [0.1, 0.15) is 5.84 Å². The van der Waals surface area contributed by atoms with E-state index in [2.05, 4.69) is 4.40 Å². The summed E-state index contributed by atoms with van der Waals surface area (Å²) in [4.78, 5) is 15.9. The quantitative estimate of drug-likeness (QED) is 0.833. The molecule has 0 spiro atoms. The molecule has 0 bridgehead atoms. The van der Waals surface area contributed by atoms with E-state index in [0.29, 0.717) is 24.5 Å². The van der Waals surface area contributed by atoms with Gasteiger partial charge >= 0.3 is 0 Å². The van der Waals surface area contributed by atoms with Gasteiger partial charge in [0.15, 0.2) is 0 Å². The van der Waals surface area contributed by atoms with Gasteiger partial charge in [0.05, 0.1) is 11.3 Å². The Bertz CT molecular complexity index is 810. The molecule has 0 unspecified atom stereocenters. The van der Waals surface area contributed by atoms with Crippen molar-refractivity contribution in [2.45, 2.75) is 6.54 Å². The summed E-state index contributed by atoms with van der Waals surface area (Å²) in [7, 11) is -1.63. The van der Waals surface area contributed by atoms with Crippen molar-refractivity contribution in [1.82, 2.24) is 9.80 Å². The zero-order chi connectivity index (χ0) is 16.4. The van der Waals surface area contributed by atoms with E-state index in [9.17, 15) is 13.2 Å². The van der Waals surface area contributed by atoms with Crippen LogP contribution in [0, 0.1) is 0 Å². The first-order valence-electron chi connectivity index (χ1n) is 7.23. The van der Waals surface area contributed by atoms with Gasteiger partial charge in [-0.1, -0.05) is 30.3 Å².